The van der Waals surface area contributed by atoms with Gasteiger partial charge >= 0.3 is 34.8 Å². The summed E-state index contributed by atoms with van der Waals surface area (Å²) in [4.78, 5) is 83.2. The average Bonchev–Trinajstić information content (AvgIpc) is 0.854. The van der Waals surface area contributed by atoms with E-state index in [0.29, 0.717) is 55.7 Å². The van der Waals surface area contributed by atoms with E-state index in [2.05, 4.69) is 15.0 Å². The number of aromatic amines is 3. The van der Waals surface area contributed by atoms with Crippen molar-refractivity contribution in [2.24, 2.45) is 5.84 Å². The second-order valence-corrected chi connectivity index (χ2v) is 34.5. The third-order valence-electron chi connectivity index (χ3n) is 23.4. The highest BCUT2D eigenvalue weighted by atomic mass is 16.7. The van der Waals surface area contributed by atoms with Crippen molar-refractivity contribution in [1.29, 1.82) is 0 Å². The second kappa shape index (κ2) is 44.8. The summed E-state index contributed by atoms with van der Waals surface area (Å²) in [5.74, 6) is 4.45. The molecule has 0 spiro atoms. The summed E-state index contributed by atoms with van der Waals surface area (Å²) in [7, 11) is 4.32. The Morgan fingerprint density at radius 1 is 0.377 bits per heavy atom. The van der Waals surface area contributed by atoms with Crippen LogP contribution in [0.2, 0.25) is 0 Å². The van der Waals surface area contributed by atoms with Crippen LogP contribution in [0.1, 0.15) is 149 Å². The van der Waals surface area contributed by atoms with Crippen molar-refractivity contribution in [2.75, 3.05) is 21.3 Å². The number of quaternary nitrogens is 1. The first-order valence-corrected chi connectivity index (χ1v) is 43.9. The maximum absolute atomic E-state index is 13.0. The number of benzene rings is 8. The molecule has 33 nitrogen and oxygen atoms in total. The fraction of sp³-hybridized carbons (Fsp3) is 0.314. The summed E-state index contributed by atoms with van der Waals surface area (Å²) < 4.78 is 92.0. The molecule has 3 aliphatic rings. The number of aryl methyl sites for hydroxylation is 6. The van der Waals surface area contributed by atoms with Crippen LogP contribution in [0.3, 0.4) is 0 Å². The number of rotatable bonds is 22. The van der Waals surface area contributed by atoms with Crippen LogP contribution < -0.4 is 47.1 Å². The second-order valence-electron chi connectivity index (χ2n) is 34.5. The summed E-state index contributed by atoms with van der Waals surface area (Å²) in [6.07, 6.45) is -14.7. The summed E-state index contributed by atoms with van der Waals surface area (Å²) in [6.45, 7) is 20.9. The van der Waals surface area contributed by atoms with E-state index >= 15 is 0 Å². The predicted octanol–water partition coefficient (Wildman–Crippen LogP) is 14.3. The van der Waals surface area contributed by atoms with Gasteiger partial charge in [0.25, 0.3) is 0 Å². The molecule has 9 heterocycles. The lowest BCUT2D eigenvalue weighted by Crippen LogP contribution is -2.85. The third kappa shape index (κ3) is 23.9. The smallest absolute Gasteiger partial charge is 0.355 e. The number of carbonyl (C=O) groups excluding carboxylic acids is 3. The minimum Gasteiger partial charge on any atom is -0.508 e. The number of hydrogen-bond donors (Lipinski definition) is 11. The molecule has 13 N–H and O–H groups in total. The topological polar surface area (TPSA) is 473 Å². The van der Waals surface area contributed by atoms with Crippen LogP contribution in [-0.2, 0) is 42.6 Å². The molecule has 33 heteroatoms. The first-order chi connectivity index (χ1) is 65.4. The molecule has 0 amide bonds. The molecule has 17 rings (SSSR count). The van der Waals surface area contributed by atoms with E-state index in [1.165, 1.54) is 39.5 Å². The maximum atomic E-state index is 13.0. The van der Waals surface area contributed by atoms with Gasteiger partial charge in [-0.3, -0.25) is 0 Å². The number of aromatic hydroxyl groups is 2. The van der Waals surface area contributed by atoms with Crippen molar-refractivity contribution in [1.82, 2.24) is 15.0 Å². The Hall–Kier alpha value is -14.0. The van der Waals surface area contributed by atoms with Crippen molar-refractivity contribution in [2.45, 2.75) is 193 Å². The van der Waals surface area contributed by atoms with Gasteiger partial charge in [0.2, 0.25) is 12.6 Å². The van der Waals surface area contributed by atoms with Crippen LogP contribution in [0.15, 0.2) is 270 Å². The largest absolute Gasteiger partial charge is 0.508 e. The number of nitrogens with two attached hydrogens (primary N) is 2. The van der Waals surface area contributed by atoms with Gasteiger partial charge in [-0.05, 0) is 178 Å². The summed E-state index contributed by atoms with van der Waals surface area (Å²) in [6, 6.07) is 72.4. The number of methoxy groups -OCH3 is 3. The molecule has 0 bridgehead atoms. The van der Waals surface area contributed by atoms with Crippen molar-refractivity contribution in [3.8, 4) is 34.5 Å². The number of H-pyrrole nitrogens is 3. The van der Waals surface area contributed by atoms with Gasteiger partial charge in [0.1, 0.15) is 111 Å². The Balaban J connectivity index is 0.000000166. The molecule has 6 aromatic heterocycles. The Bertz CT molecular complexity index is 6580. The van der Waals surface area contributed by atoms with Crippen LogP contribution in [-0.4, -0.2) is 175 Å². The van der Waals surface area contributed by atoms with Crippen LogP contribution in [0.25, 0.3) is 32.9 Å². The molecule has 14 aromatic rings. The molecule has 3 fully saturated rings. The van der Waals surface area contributed by atoms with E-state index in [9.17, 15) is 59.4 Å². The Labute approximate surface area is 794 Å². The number of carbonyl (C=O) groups is 3. The number of nitrogens with one attached hydrogen (secondary N) is 3. The first kappa shape index (κ1) is 103. The molecular formula is C105H116N5O28+. The first-order valence-electron chi connectivity index (χ1n) is 43.9. The molecule has 0 saturated carbocycles. The van der Waals surface area contributed by atoms with Gasteiger partial charge in [0.05, 0.1) is 51.2 Å². The van der Waals surface area contributed by atoms with Gasteiger partial charge < -0.3 is 120 Å². The average molecular weight is 1900 g/mol. The van der Waals surface area contributed by atoms with Crippen LogP contribution >= 0.6 is 0 Å². The highest BCUT2D eigenvalue weighted by Crippen LogP contribution is 2.43. The summed E-state index contributed by atoms with van der Waals surface area (Å²) in [5.41, 5.74) is 6.92. The number of phenolic OH excluding ortho intramolecular Hbond substituents is 1. The van der Waals surface area contributed by atoms with Gasteiger partial charge in [0.15, 0.2) is 36.8 Å². The lowest BCUT2D eigenvalue weighted by molar-refractivity contribution is -0.584. The number of hydrogen-bond acceptors (Lipinski definition) is 29. The van der Waals surface area contributed by atoms with E-state index in [0.717, 1.165) is 51.1 Å². The van der Waals surface area contributed by atoms with E-state index in [1.54, 1.807) is 141 Å². The van der Waals surface area contributed by atoms with Crippen LogP contribution in [0.4, 0.5) is 5.69 Å². The Morgan fingerprint density at radius 2 is 0.688 bits per heavy atom. The number of ether oxygens (including phenoxy) is 13. The molecule has 0 aliphatic carbocycles. The maximum Gasteiger partial charge on any atom is 0.355 e. The van der Waals surface area contributed by atoms with Gasteiger partial charge in [-0.1, -0.05) is 147 Å². The van der Waals surface area contributed by atoms with Gasteiger partial charge in [-0.2, -0.15) is 5.84 Å². The minimum atomic E-state index is -1.45. The number of aliphatic hydroxyl groups is 4. The molecular weight excluding hydrogens is 1780 g/mol. The Morgan fingerprint density at radius 3 is 1.02 bits per heavy atom. The fourth-order valence-corrected chi connectivity index (χ4v) is 16.4. The number of aliphatic hydroxyl groups excluding tert-OH is 4. The van der Waals surface area contributed by atoms with E-state index in [4.69, 9.17) is 80.7 Å². The fourth-order valence-electron chi connectivity index (χ4n) is 16.4. The normalized spacial score (nSPS) is 20.5. The monoisotopic (exact) mass is 1890 g/mol. The molecule has 12 atom stereocenters. The van der Waals surface area contributed by atoms with Crippen molar-refractivity contribution in [3.63, 3.8) is 0 Å². The molecule has 138 heavy (non-hydrogen) atoms. The highest BCUT2D eigenvalue weighted by molar-refractivity contribution is 5.91. The molecule has 8 aromatic carbocycles. The Kier molecular flexibility index (Phi) is 33.4. The summed E-state index contributed by atoms with van der Waals surface area (Å²) in [5, 5.41) is 63.8. The van der Waals surface area contributed by atoms with Crippen molar-refractivity contribution < 1.29 is 125 Å². The summed E-state index contributed by atoms with van der Waals surface area (Å²) >= 11 is 0. The predicted molar refractivity (Wildman–Crippen MR) is 510 cm³/mol. The van der Waals surface area contributed by atoms with Gasteiger partial charge in [0, 0.05) is 67.2 Å². The van der Waals surface area contributed by atoms with E-state index in [-0.39, 0.29) is 59.0 Å². The van der Waals surface area contributed by atoms with Crippen LogP contribution in [0, 0.1) is 41.5 Å². The number of phenols is 1. The number of esters is 3. The van der Waals surface area contributed by atoms with Crippen molar-refractivity contribution >= 4 is 56.5 Å². The number of aromatic nitrogens is 3. The molecule has 3 aliphatic heterocycles. The molecule has 0 radical (unpaired) electrons. The zero-order chi connectivity index (χ0) is 98.5. The number of fused-ring (bicyclic) bond motifs is 3. The van der Waals surface area contributed by atoms with Crippen molar-refractivity contribution in [3.05, 3.63) is 347 Å². The zero-order valence-corrected chi connectivity index (χ0v) is 78.0. The lowest BCUT2D eigenvalue weighted by Gasteiger charge is -2.47. The molecule has 728 valence electrons. The zero-order valence-electron chi connectivity index (χ0n) is 78.0. The third-order valence-corrected chi connectivity index (χ3v) is 23.4. The van der Waals surface area contributed by atoms with Crippen LogP contribution in [0.5, 0.6) is 34.5 Å². The lowest BCUT2D eigenvalue weighted by atomic mass is 9.89. The van der Waals surface area contributed by atoms with Gasteiger partial charge in [-0.25, -0.2) is 34.2 Å². The molecule has 3 saturated heterocycles. The highest BCUT2D eigenvalue weighted by Gasteiger charge is 2.56. The van der Waals surface area contributed by atoms with Gasteiger partial charge in [-0.15, -0.1) is 0 Å². The van der Waals surface area contributed by atoms with E-state index in [1.807, 2.05) is 166 Å². The minimum absolute atomic E-state index is 0. The van der Waals surface area contributed by atoms with E-state index < -0.39 is 131 Å². The quantitative estimate of drug-likeness (QED) is 0.00749. The molecule has 12 unspecified atom stereocenters. The standard InChI is InChI=1S/C37H37NO9.C24H27NO9.C23H18O4.C14H21NO6.C6H8N2.CH4/c1-21-16-18-26(38-21)35(41)46-33-30(40)36(47-37(3,4)34(33)42-5)44-27-19-17-25-28(20-29(39)45-31(25)22(27)2)43-32(23-12-8-6-9-13-23)24-14-10-7-11-15-24;1-11-6-8-14(25-11)22(29)33-20-18(28)23(34-24(3,4)21(20)30-5)31-16-9-7-13-15(26)10-17(27)32-19(13)12(16)2;1-15-19(24)13-12-18-20(14-21(25)27-22(15)18)26-23(16-8-4-2-5-9-16)17-10-6-3-7-11-17;1-7-5-6-8(15-7)12(17)20-10-9(16)13(18)21-14(2,3)11(10)19-4;7-8-6-4-2-1-3-5-6;/h6-20,30,32-34,36,38,40H,1-5H3;6-10,18,20-21,23,25-26,28H,1-5H3;2-14,23-24H,1H3;5-6,9-11,13,15-16,18H,1-4H3;1-5,8H,7H2;1H4/p+1. The SMILES string of the molecule is C.COC1C(OC(=O)c2ccc(C)[nH]2)C(O)C(O)OC1(C)C.COC1C(OC(=O)c2ccc(C)[nH]2)C(O)C(Oc2ccc3c(O)cc(=O)oc3c2C)OC1(C)C.COC1C(OC(=O)c2ccc(C)[nH]2)C(O)C(Oc2ccc3c(OC(c4ccccc4)c4ccccc4)cc(=O)oc3c2C)OC1(C)C.Cc1c(O)ccc2c(OC(c3ccccc3)c3ccccc3)cc(=O)oc12.N[NH2+]c1ccccc1.